The van der Waals surface area contributed by atoms with Crippen LogP contribution in [0, 0.1) is 17.5 Å². The second-order valence-electron chi connectivity index (χ2n) is 16.2. The summed E-state index contributed by atoms with van der Waals surface area (Å²) < 4.78 is 72.6. The van der Waals surface area contributed by atoms with E-state index in [1.807, 2.05) is 17.0 Å². The first-order valence-electron chi connectivity index (χ1n) is 20.5. The van der Waals surface area contributed by atoms with Crippen LogP contribution in [0.4, 0.5) is 24.7 Å². The fraction of sp³-hybridized carbons (Fsp3) is 0.364. The lowest BCUT2D eigenvalue weighted by molar-refractivity contribution is -0.134. The van der Waals surface area contributed by atoms with Crippen molar-refractivity contribution in [2.24, 2.45) is 0 Å². The number of pyridine rings is 2. The largest absolute Gasteiger partial charge is 0.353 e. The summed E-state index contributed by atoms with van der Waals surface area (Å²) in [4.78, 5) is 68.7. The molecule has 0 saturated carbocycles. The number of aromatic nitrogens is 3. The highest BCUT2D eigenvalue weighted by Crippen LogP contribution is 2.34. The Kier molecular flexibility index (Phi) is 11.9. The van der Waals surface area contributed by atoms with E-state index in [1.165, 1.54) is 26.1 Å². The molecule has 14 nitrogen and oxygen atoms in total. The zero-order valence-electron chi connectivity index (χ0n) is 34.1. The molecule has 3 saturated heterocycles. The van der Waals surface area contributed by atoms with Crippen LogP contribution in [0.1, 0.15) is 78.4 Å². The SMILES string of the molecule is CC(C)S(=O)(=O)Nc1ccc(F)c(C(=O)c2c[nH]c3ncc(-c4ccc(N5CCN(C(=O)CN6CCC(c7ccc(C8CCC(=O)NC8=O)cc7F)CC6)CC5)nc4)cc23)c1F. The highest BCUT2D eigenvalue weighted by atomic mass is 32.2. The molecule has 0 bridgehead atoms. The standard InChI is InChI=1S/C44H45F3N8O6S/c1-25(2)62(60,61)52-36-8-7-34(45)40(41(36)47)42(58)33-23-50-43-32(33)19-29(22-49-43)28-4-9-37(48-21-28)54-15-17-55(18-16-54)39(57)24-53-13-11-26(12-14-53)30-5-3-27(20-35(30)46)31-6-10-38(56)51-44(31)59/h3-5,7-9,19-23,25-26,31,52H,6,10-18,24H2,1-2H3,(H,49,50)(H,51,56,59). The number of hydrogen-bond donors (Lipinski definition) is 3. The normalized spacial score (nSPS) is 18.1. The number of anilines is 2. The summed E-state index contributed by atoms with van der Waals surface area (Å²) >= 11 is 0. The molecule has 0 aliphatic carbocycles. The van der Waals surface area contributed by atoms with Crippen molar-refractivity contribution >= 4 is 56.1 Å². The van der Waals surface area contributed by atoms with Crippen LogP contribution in [-0.2, 0) is 24.4 Å². The van der Waals surface area contributed by atoms with Crippen molar-refractivity contribution in [1.82, 2.24) is 30.1 Å². The summed E-state index contributed by atoms with van der Waals surface area (Å²) in [5, 5.41) is 1.74. The van der Waals surface area contributed by atoms with E-state index in [-0.39, 0.29) is 42.1 Å². The molecule has 0 radical (unpaired) electrons. The number of H-pyrrole nitrogens is 1. The van der Waals surface area contributed by atoms with Gasteiger partial charge < -0.3 is 14.8 Å². The molecule has 3 fully saturated rings. The summed E-state index contributed by atoms with van der Waals surface area (Å²) in [6, 6.07) is 12.1. The van der Waals surface area contributed by atoms with Crippen molar-refractivity contribution in [2.45, 2.75) is 56.6 Å². The van der Waals surface area contributed by atoms with Crippen molar-refractivity contribution in [1.29, 1.82) is 0 Å². The van der Waals surface area contributed by atoms with Crippen LogP contribution in [0.3, 0.4) is 0 Å². The minimum atomic E-state index is -3.98. The molecule has 3 aromatic heterocycles. The first-order chi connectivity index (χ1) is 29.7. The van der Waals surface area contributed by atoms with Gasteiger partial charge in [-0.25, -0.2) is 31.6 Å². The Morgan fingerprint density at radius 2 is 1.61 bits per heavy atom. The van der Waals surface area contributed by atoms with Gasteiger partial charge in [-0.3, -0.25) is 34.1 Å². The second-order valence-corrected chi connectivity index (χ2v) is 18.5. The third-order valence-corrected chi connectivity index (χ3v) is 13.8. The van der Waals surface area contributed by atoms with Gasteiger partial charge in [0.05, 0.1) is 29.0 Å². The summed E-state index contributed by atoms with van der Waals surface area (Å²) in [5.74, 6) is -4.30. The van der Waals surface area contributed by atoms with E-state index in [0.29, 0.717) is 97.6 Å². The van der Waals surface area contributed by atoms with Crippen molar-refractivity contribution in [3.8, 4) is 11.1 Å². The molecule has 3 N–H and O–H groups in total. The quantitative estimate of drug-likeness (QED) is 0.114. The van der Waals surface area contributed by atoms with E-state index in [2.05, 4.69) is 34.8 Å². The number of benzene rings is 2. The molecule has 2 aromatic carbocycles. The Morgan fingerprint density at radius 3 is 2.29 bits per heavy atom. The van der Waals surface area contributed by atoms with Crippen molar-refractivity contribution in [3.05, 3.63) is 107 Å². The number of sulfonamides is 1. The molecular formula is C44H45F3N8O6S. The molecule has 5 aromatic rings. The zero-order valence-corrected chi connectivity index (χ0v) is 34.9. The number of carbonyl (C=O) groups excluding carboxylic acids is 4. The number of nitrogens with one attached hydrogen (secondary N) is 3. The van der Waals surface area contributed by atoms with Gasteiger partial charge in [-0.2, -0.15) is 0 Å². The number of ketones is 1. The van der Waals surface area contributed by atoms with Crippen LogP contribution in [0.5, 0.6) is 0 Å². The number of hydrogen-bond acceptors (Lipinski definition) is 10. The number of fused-ring (bicyclic) bond motifs is 1. The monoisotopic (exact) mass is 870 g/mol. The zero-order chi connectivity index (χ0) is 43.9. The Balaban J connectivity index is 0.850. The van der Waals surface area contributed by atoms with Crippen LogP contribution in [0.15, 0.2) is 67.1 Å². The molecule has 8 rings (SSSR count). The maximum atomic E-state index is 15.5. The van der Waals surface area contributed by atoms with Gasteiger partial charge in [0.15, 0.2) is 5.82 Å². The molecular weight excluding hydrogens is 826 g/mol. The van der Waals surface area contributed by atoms with Gasteiger partial charge in [0.1, 0.15) is 23.1 Å². The number of piperazine rings is 1. The molecule has 3 aliphatic rings. The highest BCUT2D eigenvalue weighted by molar-refractivity contribution is 7.93. The molecule has 18 heteroatoms. The van der Waals surface area contributed by atoms with Crippen LogP contribution < -0.4 is 14.9 Å². The molecule has 3 aliphatic heterocycles. The number of aromatic amines is 1. The predicted molar refractivity (Wildman–Crippen MR) is 226 cm³/mol. The summed E-state index contributed by atoms with van der Waals surface area (Å²) in [6.07, 6.45) is 6.55. The highest BCUT2D eigenvalue weighted by Gasteiger charge is 2.32. The van der Waals surface area contributed by atoms with E-state index >= 15 is 8.78 Å². The summed E-state index contributed by atoms with van der Waals surface area (Å²) in [5.41, 5.74) is 1.26. The molecule has 1 unspecified atom stereocenters. The molecule has 324 valence electrons. The lowest BCUT2D eigenvalue weighted by Gasteiger charge is -2.37. The van der Waals surface area contributed by atoms with Crippen molar-refractivity contribution in [3.63, 3.8) is 0 Å². The lowest BCUT2D eigenvalue weighted by Crippen LogP contribution is -2.52. The van der Waals surface area contributed by atoms with Crippen LogP contribution in [-0.4, -0.2) is 108 Å². The Bertz CT molecular complexity index is 2680. The maximum Gasteiger partial charge on any atom is 0.236 e. The number of halogens is 3. The van der Waals surface area contributed by atoms with Crippen LogP contribution in [0.2, 0.25) is 0 Å². The van der Waals surface area contributed by atoms with Crippen molar-refractivity contribution in [2.75, 3.05) is 55.4 Å². The van der Waals surface area contributed by atoms with E-state index in [9.17, 15) is 32.0 Å². The number of carbonyl (C=O) groups is 4. The second kappa shape index (κ2) is 17.3. The summed E-state index contributed by atoms with van der Waals surface area (Å²) in [7, 11) is -3.98. The van der Waals surface area contributed by atoms with E-state index < -0.39 is 55.8 Å². The number of nitrogens with zero attached hydrogens (tertiary/aromatic N) is 5. The Hall–Kier alpha value is -6.14. The molecule has 0 spiro atoms. The molecule has 3 amide bonds. The lowest BCUT2D eigenvalue weighted by atomic mass is 9.85. The maximum absolute atomic E-state index is 15.5. The topological polar surface area (TPSA) is 178 Å². The smallest absolute Gasteiger partial charge is 0.236 e. The Labute approximate surface area is 355 Å². The average Bonchev–Trinajstić information content (AvgIpc) is 3.69. The number of imide groups is 1. The van der Waals surface area contributed by atoms with Gasteiger partial charge in [0.2, 0.25) is 33.5 Å². The predicted octanol–water partition coefficient (Wildman–Crippen LogP) is 5.47. The first-order valence-corrected chi connectivity index (χ1v) is 22.1. The van der Waals surface area contributed by atoms with E-state index in [1.54, 1.807) is 30.6 Å². The van der Waals surface area contributed by atoms with Crippen LogP contribution >= 0.6 is 0 Å². The molecule has 62 heavy (non-hydrogen) atoms. The first kappa shape index (κ1) is 42.5. The van der Waals surface area contributed by atoms with Crippen molar-refractivity contribution < 1.29 is 40.8 Å². The Morgan fingerprint density at radius 1 is 0.871 bits per heavy atom. The fourth-order valence-corrected chi connectivity index (χ4v) is 9.02. The van der Waals surface area contributed by atoms with Gasteiger partial charge in [-0.1, -0.05) is 12.1 Å². The summed E-state index contributed by atoms with van der Waals surface area (Å²) in [6.45, 7) is 6.57. The molecule has 6 heterocycles. The van der Waals surface area contributed by atoms with Gasteiger partial charge in [0.25, 0.3) is 0 Å². The van der Waals surface area contributed by atoms with Gasteiger partial charge in [-0.05, 0) is 99.6 Å². The minimum Gasteiger partial charge on any atom is -0.353 e. The number of rotatable bonds is 11. The number of amides is 3. The number of likely N-dealkylation sites (tertiary alicyclic amines) is 1. The van der Waals surface area contributed by atoms with Gasteiger partial charge >= 0.3 is 0 Å². The third kappa shape index (κ3) is 8.66. The van der Waals surface area contributed by atoms with Gasteiger partial charge in [-0.15, -0.1) is 0 Å². The number of piperidine rings is 2. The van der Waals surface area contributed by atoms with Gasteiger partial charge in [0, 0.05) is 73.3 Å². The van der Waals surface area contributed by atoms with E-state index in [0.717, 1.165) is 12.1 Å². The fourth-order valence-electron chi connectivity index (χ4n) is 8.32. The van der Waals surface area contributed by atoms with Crippen LogP contribution in [0.25, 0.3) is 22.2 Å². The van der Waals surface area contributed by atoms with E-state index in [4.69, 9.17) is 0 Å². The minimum absolute atomic E-state index is 0.00280. The third-order valence-electron chi connectivity index (χ3n) is 12.1. The average molecular weight is 871 g/mol. The molecule has 1 atom stereocenters.